The van der Waals surface area contributed by atoms with Gasteiger partial charge in [0.2, 0.25) is 0 Å². The highest BCUT2D eigenvalue weighted by Gasteiger charge is 2.34. The third-order valence-corrected chi connectivity index (χ3v) is 7.16. The maximum absolute atomic E-state index is 12.6. The summed E-state index contributed by atoms with van der Waals surface area (Å²) in [6.07, 6.45) is 6.71. The summed E-state index contributed by atoms with van der Waals surface area (Å²) >= 11 is 12.2. The zero-order valence-corrected chi connectivity index (χ0v) is 20.7. The normalized spacial score (nSPS) is 19.3. The number of nitrogens with zero attached hydrogens (tertiary/aromatic N) is 3. The summed E-state index contributed by atoms with van der Waals surface area (Å²) in [6.45, 7) is 3.90. The number of halogens is 2. The molecule has 4 heterocycles. The number of carbonyl (C=O) groups excluding carboxylic acids is 1. The van der Waals surface area contributed by atoms with E-state index in [0.717, 1.165) is 49.5 Å². The Morgan fingerprint density at radius 1 is 1.11 bits per heavy atom. The summed E-state index contributed by atoms with van der Waals surface area (Å²) in [5.74, 6) is 0.567. The number of hydrogen-bond acceptors (Lipinski definition) is 6. The Morgan fingerprint density at radius 3 is 2.63 bits per heavy atom. The van der Waals surface area contributed by atoms with E-state index in [-0.39, 0.29) is 27.6 Å². The minimum Gasteiger partial charge on any atom is -0.492 e. The number of hydrogen-bond donors (Lipinski definition) is 2. The second-order valence-corrected chi connectivity index (χ2v) is 9.65. The number of amides is 1. The van der Waals surface area contributed by atoms with Crippen LogP contribution >= 0.6 is 23.2 Å². The Balaban J connectivity index is 1.28. The smallest absolute Gasteiger partial charge is 0.254 e. The van der Waals surface area contributed by atoms with Crippen molar-refractivity contribution in [1.82, 2.24) is 25.5 Å². The molecule has 9 heteroatoms. The molecule has 0 bridgehead atoms. The van der Waals surface area contributed by atoms with Crippen LogP contribution in [0.1, 0.15) is 46.1 Å². The van der Waals surface area contributed by atoms with Crippen molar-refractivity contribution in [3.63, 3.8) is 0 Å². The maximum atomic E-state index is 12.6. The fourth-order valence-electron chi connectivity index (χ4n) is 4.80. The molecule has 7 nitrogen and oxygen atoms in total. The SMILES string of the molecule is O=C(NCc1ccc(CN(C2CCNC2)C2CCOc3cccnc32)cc1)c1c(Cl)cncc1Cl. The van der Waals surface area contributed by atoms with Crippen LogP contribution in [-0.4, -0.2) is 46.5 Å². The molecule has 2 aromatic heterocycles. The molecule has 1 aromatic carbocycles. The van der Waals surface area contributed by atoms with Gasteiger partial charge in [0.05, 0.1) is 34.0 Å². The summed E-state index contributed by atoms with van der Waals surface area (Å²) in [4.78, 5) is 23.7. The van der Waals surface area contributed by atoms with Gasteiger partial charge in [-0.05, 0) is 36.2 Å². The van der Waals surface area contributed by atoms with Gasteiger partial charge < -0.3 is 15.4 Å². The molecular formula is C26H27Cl2N5O2. The fraction of sp³-hybridized carbons (Fsp3) is 0.346. The first-order chi connectivity index (χ1) is 17.1. The van der Waals surface area contributed by atoms with E-state index in [1.54, 1.807) is 0 Å². The van der Waals surface area contributed by atoms with Crippen molar-refractivity contribution in [2.45, 2.75) is 38.0 Å². The quantitative estimate of drug-likeness (QED) is 0.489. The summed E-state index contributed by atoms with van der Waals surface area (Å²) in [5, 5.41) is 6.86. The van der Waals surface area contributed by atoms with Crippen molar-refractivity contribution < 1.29 is 9.53 Å². The molecule has 1 amide bonds. The Bertz CT molecular complexity index is 1160. The van der Waals surface area contributed by atoms with Gasteiger partial charge in [-0.25, -0.2) is 0 Å². The highest BCUT2D eigenvalue weighted by Crippen LogP contribution is 2.37. The van der Waals surface area contributed by atoms with Gasteiger partial charge in [0.1, 0.15) is 5.75 Å². The summed E-state index contributed by atoms with van der Waals surface area (Å²) in [5.41, 5.74) is 3.48. The van der Waals surface area contributed by atoms with Gasteiger partial charge in [0.15, 0.2) is 0 Å². The van der Waals surface area contributed by atoms with Gasteiger partial charge >= 0.3 is 0 Å². The second-order valence-electron chi connectivity index (χ2n) is 8.84. The van der Waals surface area contributed by atoms with Crippen LogP contribution in [0.2, 0.25) is 10.0 Å². The Hall–Kier alpha value is -2.71. The van der Waals surface area contributed by atoms with E-state index in [0.29, 0.717) is 19.2 Å². The number of carbonyl (C=O) groups is 1. The van der Waals surface area contributed by atoms with Crippen molar-refractivity contribution in [2.75, 3.05) is 19.7 Å². The predicted octanol–water partition coefficient (Wildman–Crippen LogP) is 4.40. The predicted molar refractivity (Wildman–Crippen MR) is 136 cm³/mol. The van der Waals surface area contributed by atoms with E-state index in [4.69, 9.17) is 27.9 Å². The number of aromatic nitrogens is 2. The summed E-state index contributed by atoms with van der Waals surface area (Å²) in [7, 11) is 0. The lowest BCUT2D eigenvalue weighted by molar-refractivity contribution is 0.0918. The molecule has 3 aromatic rings. The largest absolute Gasteiger partial charge is 0.492 e. The number of nitrogens with one attached hydrogen (secondary N) is 2. The monoisotopic (exact) mass is 511 g/mol. The van der Waals surface area contributed by atoms with Crippen LogP contribution in [0.3, 0.4) is 0 Å². The third kappa shape index (κ3) is 5.43. The molecule has 0 aliphatic carbocycles. The fourth-order valence-corrected chi connectivity index (χ4v) is 5.34. The highest BCUT2D eigenvalue weighted by atomic mass is 35.5. The minimum absolute atomic E-state index is 0.221. The molecule has 35 heavy (non-hydrogen) atoms. The van der Waals surface area contributed by atoms with Crippen LogP contribution in [0.25, 0.3) is 0 Å². The lowest BCUT2D eigenvalue weighted by atomic mass is 10.00. The van der Waals surface area contributed by atoms with Crippen molar-refractivity contribution in [1.29, 1.82) is 0 Å². The number of rotatable bonds is 7. The van der Waals surface area contributed by atoms with Crippen LogP contribution in [0.15, 0.2) is 55.0 Å². The zero-order valence-electron chi connectivity index (χ0n) is 19.2. The second kappa shape index (κ2) is 10.9. The first-order valence-electron chi connectivity index (χ1n) is 11.8. The van der Waals surface area contributed by atoms with E-state index in [2.05, 4.69) is 37.6 Å². The van der Waals surface area contributed by atoms with E-state index in [9.17, 15) is 4.79 Å². The average Bonchev–Trinajstić information content (AvgIpc) is 3.41. The molecule has 0 radical (unpaired) electrons. The van der Waals surface area contributed by atoms with Crippen LogP contribution in [-0.2, 0) is 13.1 Å². The van der Waals surface area contributed by atoms with Crippen molar-refractivity contribution in [2.24, 2.45) is 0 Å². The van der Waals surface area contributed by atoms with Crippen LogP contribution in [0.4, 0.5) is 0 Å². The standard InChI is InChI=1S/C26H27Cl2N5O2/c27-20-14-30-15-21(28)24(20)26(34)32-12-17-3-5-18(6-4-17)16-33(19-7-10-29-13-19)22-8-11-35-23-2-1-9-31-25(22)23/h1-6,9,14-15,19,22,29H,7-8,10-13,16H2,(H,32,34). The molecule has 1 saturated heterocycles. The maximum Gasteiger partial charge on any atom is 0.254 e. The van der Waals surface area contributed by atoms with E-state index in [1.807, 2.05) is 30.5 Å². The van der Waals surface area contributed by atoms with Gasteiger partial charge in [-0.15, -0.1) is 0 Å². The van der Waals surface area contributed by atoms with Crippen molar-refractivity contribution in [3.05, 3.63) is 87.4 Å². The molecule has 2 aliphatic rings. The van der Waals surface area contributed by atoms with Crippen molar-refractivity contribution >= 4 is 29.1 Å². The molecule has 5 rings (SSSR count). The van der Waals surface area contributed by atoms with Crippen molar-refractivity contribution in [3.8, 4) is 5.75 Å². The average molecular weight is 512 g/mol. The first kappa shape index (κ1) is 24.0. The molecule has 1 fully saturated rings. The van der Waals surface area contributed by atoms with Crippen LogP contribution in [0.5, 0.6) is 5.75 Å². The molecular weight excluding hydrogens is 485 g/mol. The molecule has 2 atom stereocenters. The molecule has 2 unspecified atom stereocenters. The topological polar surface area (TPSA) is 79.4 Å². The van der Waals surface area contributed by atoms with E-state index in [1.165, 1.54) is 18.0 Å². The Morgan fingerprint density at radius 2 is 1.89 bits per heavy atom. The lowest BCUT2D eigenvalue weighted by Gasteiger charge is -2.38. The summed E-state index contributed by atoms with van der Waals surface area (Å²) < 4.78 is 5.87. The van der Waals surface area contributed by atoms with Gasteiger partial charge in [-0.1, -0.05) is 47.5 Å². The molecule has 182 valence electrons. The van der Waals surface area contributed by atoms with E-state index < -0.39 is 0 Å². The number of fused-ring (bicyclic) bond motifs is 1. The number of ether oxygens (including phenoxy) is 1. The van der Waals surface area contributed by atoms with Gasteiger partial charge in [0.25, 0.3) is 5.91 Å². The number of pyridine rings is 2. The van der Waals surface area contributed by atoms with Gasteiger partial charge in [0, 0.05) is 50.7 Å². The molecule has 2 aliphatic heterocycles. The van der Waals surface area contributed by atoms with Gasteiger partial charge in [-0.2, -0.15) is 0 Å². The summed E-state index contributed by atoms with van der Waals surface area (Å²) in [6, 6.07) is 13.0. The Kier molecular flexibility index (Phi) is 7.48. The zero-order chi connectivity index (χ0) is 24.2. The molecule has 0 saturated carbocycles. The van der Waals surface area contributed by atoms with Crippen LogP contribution < -0.4 is 15.4 Å². The highest BCUT2D eigenvalue weighted by molar-refractivity contribution is 6.39. The third-order valence-electron chi connectivity index (χ3n) is 6.59. The van der Waals surface area contributed by atoms with Crippen LogP contribution in [0, 0.1) is 0 Å². The minimum atomic E-state index is -0.322. The lowest BCUT2D eigenvalue weighted by Crippen LogP contribution is -2.41. The van der Waals surface area contributed by atoms with E-state index >= 15 is 0 Å². The first-order valence-corrected chi connectivity index (χ1v) is 12.5. The number of benzene rings is 1. The molecule has 2 N–H and O–H groups in total. The Labute approximate surface area is 214 Å². The molecule has 0 spiro atoms. The van der Waals surface area contributed by atoms with Gasteiger partial charge in [-0.3, -0.25) is 19.7 Å².